The van der Waals surface area contributed by atoms with Gasteiger partial charge >= 0.3 is 0 Å². The van der Waals surface area contributed by atoms with E-state index < -0.39 is 21.8 Å². The van der Waals surface area contributed by atoms with Crippen molar-refractivity contribution in [3.05, 3.63) is 63.6 Å². The fraction of sp³-hybridized carbons (Fsp3) is 0.516. The number of aryl methyl sites for hydroxylation is 3. The first-order valence-corrected chi connectivity index (χ1v) is 17.3. The van der Waals surface area contributed by atoms with Gasteiger partial charge in [0.15, 0.2) is 0 Å². The van der Waals surface area contributed by atoms with Crippen LogP contribution in [-0.2, 0) is 27.7 Å². The molecule has 42 heavy (non-hydrogen) atoms. The summed E-state index contributed by atoms with van der Waals surface area (Å²) in [5, 5.41) is 17.2. The summed E-state index contributed by atoms with van der Waals surface area (Å²) in [6.45, 7) is 5.99. The molecule has 2 N–H and O–H groups in total. The summed E-state index contributed by atoms with van der Waals surface area (Å²) >= 11 is 1.65. The van der Waals surface area contributed by atoms with E-state index in [1.807, 2.05) is 56.3 Å². The van der Waals surface area contributed by atoms with E-state index in [4.69, 9.17) is 4.99 Å². The number of fused-ring (bicyclic) bond motifs is 1. The molecule has 2 saturated heterocycles. The van der Waals surface area contributed by atoms with E-state index in [0.29, 0.717) is 38.1 Å². The van der Waals surface area contributed by atoms with Gasteiger partial charge in [0, 0.05) is 43.4 Å². The first-order chi connectivity index (χ1) is 20.1. The second kappa shape index (κ2) is 11.8. The van der Waals surface area contributed by atoms with Gasteiger partial charge in [-0.25, -0.2) is 17.7 Å². The first-order valence-electron chi connectivity index (χ1n) is 14.8. The monoisotopic (exact) mass is 609 g/mol. The first kappa shape index (κ1) is 29.4. The van der Waals surface area contributed by atoms with Crippen LogP contribution in [-0.4, -0.2) is 83.2 Å². The summed E-state index contributed by atoms with van der Waals surface area (Å²) in [6, 6.07) is 14.0. The number of aromatic nitrogens is 1. The van der Waals surface area contributed by atoms with E-state index in [1.54, 1.807) is 11.3 Å². The van der Waals surface area contributed by atoms with Crippen molar-refractivity contribution in [2.45, 2.75) is 64.1 Å². The Balaban J connectivity index is 1.07. The molecule has 1 spiro atoms. The van der Waals surface area contributed by atoms with Crippen LogP contribution < -0.4 is 5.32 Å². The summed E-state index contributed by atoms with van der Waals surface area (Å²) in [7, 11) is -3.48. The normalized spacial score (nSPS) is 22.4. The molecule has 224 valence electrons. The number of nitrogens with zero attached hydrogens (tertiary/aromatic N) is 4. The number of carbonyl (C=O) groups is 1. The molecule has 9 nitrogen and oxygen atoms in total. The highest BCUT2D eigenvalue weighted by molar-refractivity contribution is 7.89. The highest BCUT2D eigenvalue weighted by atomic mass is 32.2. The molecule has 6 rings (SSSR count). The number of thiazole rings is 1. The van der Waals surface area contributed by atoms with E-state index in [9.17, 15) is 18.3 Å². The molecule has 1 aromatic heterocycles. The molecule has 3 aliphatic heterocycles. The third-order valence-electron chi connectivity index (χ3n) is 9.09. The molecule has 0 saturated carbocycles. The van der Waals surface area contributed by atoms with Crippen LogP contribution in [0.2, 0.25) is 0 Å². The van der Waals surface area contributed by atoms with Gasteiger partial charge in [-0.2, -0.15) is 0 Å². The molecule has 2 unspecified atom stereocenters. The van der Waals surface area contributed by atoms with E-state index in [2.05, 4.69) is 15.2 Å². The zero-order valence-corrected chi connectivity index (χ0v) is 25.9. The highest BCUT2D eigenvalue weighted by Gasteiger charge is 2.48. The summed E-state index contributed by atoms with van der Waals surface area (Å²) in [4.78, 5) is 25.9. The number of nitrogens with one attached hydrogen (secondary N) is 1. The quantitative estimate of drug-likeness (QED) is 0.405. The van der Waals surface area contributed by atoms with Crippen LogP contribution in [0.3, 0.4) is 0 Å². The summed E-state index contributed by atoms with van der Waals surface area (Å²) in [6.07, 6.45) is 2.83. The number of hydrogen-bond donors (Lipinski definition) is 2. The second-order valence-corrected chi connectivity index (χ2v) is 15.3. The number of benzene rings is 2. The van der Waals surface area contributed by atoms with Crippen LogP contribution >= 0.6 is 11.3 Å². The van der Waals surface area contributed by atoms with Crippen molar-refractivity contribution in [1.29, 1.82) is 0 Å². The Bertz CT molecular complexity index is 1600. The van der Waals surface area contributed by atoms with Crippen molar-refractivity contribution in [3.8, 4) is 0 Å². The third kappa shape index (κ3) is 5.90. The largest absolute Gasteiger partial charge is 0.378 e. The Morgan fingerprint density at radius 3 is 2.64 bits per heavy atom. The summed E-state index contributed by atoms with van der Waals surface area (Å²) in [5.41, 5.74) is 1.06. The van der Waals surface area contributed by atoms with Gasteiger partial charge in [0.05, 0.1) is 16.5 Å². The highest BCUT2D eigenvalue weighted by Crippen LogP contribution is 2.34. The molecule has 4 heterocycles. The van der Waals surface area contributed by atoms with Gasteiger partial charge in [-0.1, -0.05) is 42.5 Å². The lowest BCUT2D eigenvalue weighted by Gasteiger charge is -2.36. The number of amides is 1. The number of amidine groups is 1. The Morgan fingerprint density at radius 2 is 1.88 bits per heavy atom. The smallest absolute Gasteiger partial charge is 0.253 e. The number of sulfonamides is 1. The standard InChI is InChI=1S/C31H39N5O4S2/c1-21-27(32-22(2)41-21)19-28(37)35-15-6-10-25(20-35)29-33-30(38)31(34-29)13-16-36(17-14-31)42(39,40)18-12-24-9-5-8-23-7-3-4-11-26(23)24/h3-5,7-9,11,25,28,37H,6,10,12-20H2,1-2H3,(H,33,34,38). The van der Waals surface area contributed by atoms with Crippen LogP contribution in [0.5, 0.6) is 0 Å². The van der Waals surface area contributed by atoms with Crippen LogP contribution in [0.4, 0.5) is 0 Å². The summed E-state index contributed by atoms with van der Waals surface area (Å²) < 4.78 is 28.1. The van der Waals surface area contributed by atoms with Crippen molar-refractivity contribution < 1.29 is 18.3 Å². The summed E-state index contributed by atoms with van der Waals surface area (Å²) in [5.74, 6) is 0.619. The second-order valence-electron chi connectivity index (χ2n) is 11.8. The predicted molar refractivity (Wildman–Crippen MR) is 166 cm³/mol. The third-order valence-corrected chi connectivity index (χ3v) is 11.9. The van der Waals surface area contributed by atoms with Gasteiger partial charge in [-0.3, -0.25) is 14.7 Å². The van der Waals surface area contributed by atoms with Gasteiger partial charge in [0.2, 0.25) is 10.0 Å². The molecular weight excluding hydrogens is 571 g/mol. The minimum atomic E-state index is -3.48. The van der Waals surface area contributed by atoms with Gasteiger partial charge in [-0.15, -0.1) is 11.3 Å². The van der Waals surface area contributed by atoms with Crippen LogP contribution in [0.1, 0.15) is 46.8 Å². The number of hydrogen-bond acceptors (Lipinski definition) is 8. The van der Waals surface area contributed by atoms with Gasteiger partial charge in [0.25, 0.3) is 5.91 Å². The molecule has 0 aliphatic carbocycles. The van der Waals surface area contributed by atoms with E-state index in [0.717, 1.165) is 51.3 Å². The van der Waals surface area contributed by atoms with E-state index >= 15 is 0 Å². The fourth-order valence-electron chi connectivity index (χ4n) is 6.65. The Morgan fingerprint density at radius 1 is 1.12 bits per heavy atom. The number of aliphatic hydroxyl groups is 1. The maximum atomic E-state index is 13.3. The van der Waals surface area contributed by atoms with Crippen LogP contribution in [0.25, 0.3) is 10.8 Å². The van der Waals surface area contributed by atoms with Crippen molar-refractivity contribution in [3.63, 3.8) is 0 Å². The zero-order chi connectivity index (χ0) is 29.5. The number of piperidine rings is 2. The number of rotatable bonds is 8. The lowest BCUT2D eigenvalue weighted by Crippen LogP contribution is -2.51. The number of aliphatic hydroxyl groups excluding tert-OH is 1. The molecule has 11 heteroatoms. The molecule has 0 radical (unpaired) electrons. The zero-order valence-electron chi connectivity index (χ0n) is 24.3. The predicted octanol–water partition coefficient (Wildman–Crippen LogP) is 3.42. The van der Waals surface area contributed by atoms with Gasteiger partial charge < -0.3 is 10.4 Å². The molecule has 2 aromatic carbocycles. The molecule has 1 amide bonds. The molecule has 0 bridgehead atoms. The molecule has 3 aliphatic rings. The van der Waals surface area contributed by atoms with Crippen molar-refractivity contribution >= 4 is 43.9 Å². The molecule has 2 fully saturated rings. The lowest BCUT2D eigenvalue weighted by atomic mass is 9.89. The minimum Gasteiger partial charge on any atom is -0.378 e. The maximum absolute atomic E-state index is 13.3. The fourth-order valence-corrected chi connectivity index (χ4v) is 8.97. The SMILES string of the molecule is Cc1nc(CC(O)N2CCCC(C3=NC4(CCN(S(=O)(=O)CCc5cccc6ccccc56)CC4)C(=O)N3)C2)c(C)s1. The lowest BCUT2D eigenvalue weighted by molar-refractivity contribution is -0.125. The van der Waals surface area contributed by atoms with Crippen molar-refractivity contribution in [1.82, 2.24) is 19.5 Å². The maximum Gasteiger partial charge on any atom is 0.253 e. The van der Waals surface area contributed by atoms with Crippen molar-refractivity contribution in [2.24, 2.45) is 10.9 Å². The molecular formula is C31H39N5O4S2. The molecule has 2 atom stereocenters. The van der Waals surface area contributed by atoms with Gasteiger partial charge in [-0.05, 0) is 62.3 Å². The number of aliphatic imine (C=N–C) groups is 1. The van der Waals surface area contributed by atoms with Crippen molar-refractivity contribution in [2.75, 3.05) is 31.9 Å². The van der Waals surface area contributed by atoms with E-state index in [-0.39, 0.29) is 30.7 Å². The van der Waals surface area contributed by atoms with Crippen LogP contribution in [0, 0.1) is 19.8 Å². The molecule has 3 aromatic rings. The Kier molecular flexibility index (Phi) is 8.23. The minimum absolute atomic E-state index is 0.0254. The Hall–Kier alpha value is -2.70. The van der Waals surface area contributed by atoms with E-state index in [1.165, 1.54) is 4.31 Å². The average Bonchev–Trinajstić information content (AvgIpc) is 3.48. The van der Waals surface area contributed by atoms with Gasteiger partial charge in [0.1, 0.15) is 17.6 Å². The number of likely N-dealkylation sites (tertiary alicyclic amines) is 1. The van der Waals surface area contributed by atoms with Crippen LogP contribution in [0.15, 0.2) is 47.5 Å². The number of carbonyl (C=O) groups excluding carboxylic acids is 1. The Labute approximate surface area is 251 Å². The average molecular weight is 610 g/mol. The topological polar surface area (TPSA) is 115 Å².